The first-order chi connectivity index (χ1) is 8.37. The molecule has 0 aromatic carbocycles. The molecule has 2 unspecified atom stereocenters. The van der Waals surface area contributed by atoms with Crippen molar-refractivity contribution < 1.29 is 14.6 Å². The molecule has 1 aliphatic rings. The third kappa shape index (κ3) is 3.00. The van der Waals surface area contributed by atoms with Crippen molar-refractivity contribution in [2.45, 2.75) is 38.4 Å². The Hall–Kier alpha value is -1.14. The fourth-order valence-corrected chi connectivity index (χ4v) is 2.59. The smallest absolute Gasteiger partial charge is 0.410 e. The molecule has 0 saturated carbocycles. The van der Waals surface area contributed by atoms with Crippen LogP contribution in [0.15, 0.2) is 11.6 Å². The Morgan fingerprint density at radius 1 is 1.56 bits per heavy atom. The average molecular weight is 270 g/mol. The normalized spacial score (nSPS) is 24.3. The van der Waals surface area contributed by atoms with Crippen LogP contribution in [0.3, 0.4) is 0 Å². The van der Waals surface area contributed by atoms with Crippen molar-refractivity contribution in [2.24, 2.45) is 0 Å². The Morgan fingerprint density at radius 3 is 2.83 bits per heavy atom. The van der Waals surface area contributed by atoms with Crippen LogP contribution in [-0.2, 0) is 4.74 Å². The van der Waals surface area contributed by atoms with E-state index in [0.717, 1.165) is 5.56 Å². The molecule has 18 heavy (non-hydrogen) atoms. The van der Waals surface area contributed by atoms with Gasteiger partial charge in [-0.05, 0) is 37.9 Å². The van der Waals surface area contributed by atoms with Gasteiger partial charge in [-0.15, -0.1) is 0 Å². The molecule has 1 saturated heterocycles. The number of aromatic nitrogens is 1. The van der Waals surface area contributed by atoms with Crippen LogP contribution >= 0.6 is 11.5 Å². The third-order valence-corrected chi connectivity index (χ3v) is 3.42. The Kier molecular flexibility index (Phi) is 3.59. The topological polar surface area (TPSA) is 62.7 Å². The lowest BCUT2D eigenvalue weighted by Gasteiger charge is -2.24. The van der Waals surface area contributed by atoms with E-state index in [1.165, 1.54) is 11.5 Å². The van der Waals surface area contributed by atoms with Crippen molar-refractivity contribution in [2.75, 3.05) is 13.1 Å². The fourth-order valence-electron chi connectivity index (χ4n) is 1.99. The largest absolute Gasteiger partial charge is 0.444 e. The van der Waals surface area contributed by atoms with Gasteiger partial charge >= 0.3 is 6.09 Å². The molecule has 1 amide bonds. The number of hydrogen-bond acceptors (Lipinski definition) is 5. The molecule has 1 N–H and O–H groups in total. The van der Waals surface area contributed by atoms with Gasteiger partial charge < -0.3 is 14.7 Å². The first-order valence-corrected chi connectivity index (χ1v) is 6.76. The summed E-state index contributed by atoms with van der Waals surface area (Å²) in [5.74, 6) is -0.0590. The monoisotopic (exact) mass is 270 g/mol. The van der Waals surface area contributed by atoms with E-state index in [9.17, 15) is 9.90 Å². The summed E-state index contributed by atoms with van der Waals surface area (Å²) in [5, 5.41) is 11.9. The number of nitrogens with zero attached hydrogens (tertiary/aromatic N) is 2. The highest BCUT2D eigenvalue weighted by molar-refractivity contribution is 7.03. The number of aliphatic hydroxyl groups is 1. The van der Waals surface area contributed by atoms with E-state index in [-0.39, 0.29) is 12.0 Å². The van der Waals surface area contributed by atoms with Crippen molar-refractivity contribution in [3.05, 3.63) is 17.1 Å². The summed E-state index contributed by atoms with van der Waals surface area (Å²) < 4.78 is 9.32. The highest BCUT2D eigenvalue weighted by Gasteiger charge is 2.37. The lowest BCUT2D eigenvalue weighted by atomic mass is 10.0. The summed E-state index contributed by atoms with van der Waals surface area (Å²) in [6.07, 6.45) is 0.832. The van der Waals surface area contributed by atoms with Crippen molar-refractivity contribution in [3.63, 3.8) is 0 Å². The minimum atomic E-state index is -0.547. The molecule has 0 radical (unpaired) electrons. The standard InChI is InChI=1S/C12H18N2O3S/c1-12(2,3)17-11(16)14-5-9(10(15)6-14)8-4-13-18-7-8/h4,7,9-10,15H,5-6H2,1-3H3. The summed E-state index contributed by atoms with van der Waals surface area (Å²) in [6, 6.07) is 0. The Bertz CT molecular complexity index is 413. The van der Waals surface area contributed by atoms with Gasteiger partial charge in [0.05, 0.1) is 12.6 Å². The zero-order chi connectivity index (χ0) is 13.3. The van der Waals surface area contributed by atoms with Gasteiger partial charge in [0.15, 0.2) is 0 Å². The first-order valence-electron chi connectivity index (χ1n) is 5.92. The minimum absolute atomic E-state index is 0.0590. The number of aliphatic hydroxyl groups excluding tert-OH is 1. The average Bonchev–Trinajstić information content (AvgIpc) is 2.82. The second-order valence-corrected chi connectivity index (χ2v) is 6.17. The number of carbonyl (C=O) groups excluding carboxylic acids is 1. The lowest BCUT2D eigenvalue weighted by molar-refractivity contribution is 0.0270. The number of carbonyl (C=O) groups is 1. The van der Waals surface area contributed by atoms with Gasteiger partial charge in [-0.25, -0.2) is 9.17 Å². The van der Waals surface area contributed by atoms with Gasteiger partial charge in [-0.3, -0.25) is 0 Å². The molecule has 0 spiro atoms. The molecular weight excluding hydrogens is 252 g/mol. The molecule has 1 aromatic heterocycles. The number of amides is 1. The molecule has 2 atom stereocenters. The predicted octanol–water partition coefficient (Wildman–Crippen LogP) is 1.84. The Balaban J connectivity index is 2.00. The quantitative estimate of drug-likeness (QED) is 0.845. The van der Waals surface area contributed by atoms with E-state index < -0.39 is 11.7 Å². The van der Waals surface area contributed by atoms with Crippen LogP contribution in [0, 0.1) is 0 Å². The van der Waals surface area contributed by atoms with E-state index in [4.69, 9.17) is 4.74 Å². The third-order valence-electron chi connectivity index (χ3n) is 2.82. The fraction of sp³-hybridized carbons (Fsp3) is 0.667. The molecule has 100 valence electrons. The van der Waals surface area contributed by atoms with Crippen LogP contribution in [0.1, 0.15) is 32.3 Å². The number of β-amino-alcohol motifs (C(OH)–C–C–N with tert-alkyl or cyclic N) is 1. The maximum Gasteiger partial charge on any atom is 0.410 e. The van der Waals surface area contributed by atoms with Crippen molar-refractivity contribution in [3.8, 4) is 0 Å². The first kappa shape index (κ1) is 13.3. The van der Waals surface area contributed by atoms with E-state index in [0.29, 0.717) is 13.1 Å². The predicted molar refractivity (Wildman–Crippen MR) is 68.7 cm³/mol. The van der Waals surface area contributed by atoms with Crippen molar-refractivity contribution in [1.82, 2.24) is 9.27 Å². The SMILES string of the molecule is CC(C)(C)OC(=O)N1CC(O)C(c2cnsc2)C1. The van der Waals surface area contributed by atoms with Gasteiger partial charge in [-0.1, -0.05) is 0 Å². The Morgan fingerprint density at radius 2 is 2.28 bits per heavy atom. The minimum Gasteiger partial charge on any atom is -0.444 e. The number of hydrogen-bond donors (Lipinski definition) is 1. The second-order valence-electron chi connectivity index (χ2n) is 5.52. The zero-order valence-electron chi connectivity index (χ0n) is 10.8. The van der Waals surface area contributed by atoms with Gasteiger partial charge in [-0.2, -0.15) is 0 Å². The van der Waals surface area contributed by atoms with Crippen molar-refractivity contribution >= 4 is 17.6 Å². The highest BCUT2D eigenvalue weighted by atomic mass is 32.1. The highest BCUT2D eigenvalue weighted by Crippen LogP contribution is 2.29. The number of ether oxygens (including phenoxy) is 1. The van der Waals surface area contributed by atoms with Crippen LogP contribution in [0.5, 0.6) is 0 Å². The summed E-state index contributed by atoms with van der Waals surface area (Å²) in [7, 11) is 0. The molecule has 0 aliphatic carbocycles. The molecule has 1 fully saturated rings. The molecular formula is C12H18N2O3S. The van der Waals surface area contributed by atoms with Gasteiger partial charge in [0.25, 0.3) is 0 Å². The molecule has 1 aromatic rings. The van der Waals surface area contributed by atoms with Crippen LogP contribution < -0.4 is 0 Å². The molecule has 2 heterocycles. The van der Waals surface area contributed by atoms with E-state index in [2.05, 4.69) is 4.37 Å². The van der Waals surface area contributed by atoms with Gasteiger partial charge in [0.2, 0.25) is 0 Å². The molecule has 2 rings (SSSR count). The van der Waals surface area contributed by atoms with Crippen LogP contribution in [0.25, 0.3) is 0 Å². The van der Waals surface area contributed by atoms with E-state index >= 15 is 0 Å². The maximum absolute atomic E-state index is 11.9. The van der Waals surface area contributed by atoms with E-state index in [1.54, 1.807) is 11.1 Å². The molecule has 6 heteroatoms. The zero-order valence-corrected chi connectivity index (χ0v) is 11.6. The van der Waals surface area contributed by atoms with Gasteiger partial charge in [0, 0.05) is 24.0 Å². The summed E-state index contributed by atoms with van der Waals surface area (Å²) in [6.45, 7) is 6.29. The van der Waals surface area contributed by atoms with Crippen molar-refractivity contribution in [1.29, 1.82) is 0 Å². The summed E-state index contributed by atoms with van der Waals surface area (Å²) in [5.41, 5.74) is 0.475. The van der Waals surface area contributed by atoms with Gasteiger partial charge in [0.1, 0.15) is 5.60 Å². The summed E-state index contributed by atoms with van der Waals surface area (Å²) >= 11 is 1.35. The Labute approximate surface area is 111 Å². The number of rotatable bonds is 1. The maximum atomic E-state index is 11.9. The van der Waals surface area contributed by atoms with Crippen LogP contribution in [-0.4, -0.2) is 45.3 Å². The molecule has 0 bridgehead atoms. The molecule has 5 nitrogen and oxygen atoms in total. The van der Waals surface area contributed by atoms with E-state index in [1.807, 2.05) is 26.2 Å². The molecule has 1 aliphatic heterocycles. The van der Waals surface area contributed by atoms with Crippen LogP contribution in [0.2, 0.25) is 0 Å². The number of likely N-dealkylation sites (tertiary alicyclic amines) is 1. The second kappa shape index (κ2) is 4.85. The lowest BCUT2D eigenvalue weighted by Crippen LogP contribution is -2.35. The summed E-state index contributed by atoms with van der Waals surface area (Å²) in [4.78, 5) is 13.5. The van der Waals surface area contributed by atoms with Crippen LogP contribution in [0.4, 0.5) is 4.79 Å².